The molecule has 1 heterocycles. The van der Waals surface area contributed by atoms with Gasteiger partial charge in [0.2, 0.25) is 11.8 Å². The first kappa shape index (κ1) is 28.9. The molecule has 1 aromatic heterocycles. The molecule has 0 bridgehead atoms. The van der Waals surface area contributed by atoms with Crippen LogP contribution in [0.25, 0.3) is 21.7 Å². The summed E-state index contributed by atoms with van der Waals surface area (Å²) in [6, 6.07) is 19.5. The molecule has 0 saturated heterocycles. The SMILES string of the molecule is COc1ccc2[nH]c(C)c(CC(=O)N[C@@H](CCCCCC(C)=O)C(=O)NCCc3cccc4ccccc34)c2c1. The number of aryl methyl sites for hydroxylation is 1. The van der Waals surface area contributed by atoms with Crippen molar-refractivity contribution in [3.8, 4) is 5.75 Å². The van der Waals surface area contributed by atoms with Gasteiger partial charge in [-0.1, -0.05) is 55.3 Å². The van der Waals surface area contributed by atoms with Crippen molar-refractivity contribution in [2.45, 2.75) is 64.8 Å². The van der Waals surface area contributed by atoms with E-state index in [0.29, 0.717) is 25.8 Å². The number of fused-ring (bicyclic) bond motifs is 2. The molecule has 0 aliphatic heterocycles. The number of aromatic amines is 1. The number of unbranched alkanes of at least 4 members (excludes halogenated alkanes) is 2. The van der Waals surface area contributed by atoms with Crippen molar-refractivity contribution < 1.29 is 19.1 Å². The molecule has 7 heteroatoms. The lowest BCUT2D eigenvalue weighted by Crippen LogP contribution is -2.47. The Morgan fingerprint density at radius 3 is 2.55 bits per heavy atom. The monoisotopic (exact) mass is 541 g/mol. The first-order valence-corrected chi connectivity index (χ1v) is 14.0. The van der Waals surface area contributed by atoms with E-state index in [9.17, 15) is 14.4 Å². The number of hydrogen-bond donors (Lipinski definition) is 3. The van der Waals surface area contributed by atoms with E-state index in [1.807, 2.05) is 43.3 Å². The molecule has 0 aliphatic rings. The van der Waals surface area contributed by atoms with Crippen LogP contribution in [0.5, 0.6) is 5.75 Å². The second-order valence-corrected chi connectivity index (χ2v) is 10.4. The Balaban J connectivity index is 1.40. The van der Waals surface area contributed by atoms with Gasteiger partial charge >= 0.3 is 0 Å². The van der Waals surface area contributed by atoms with Crippen LogP contribution >= 0.6 is 0 Å². The van der Waals surface area contributed by atoms with Crippen LogP contribution in [0.2, 0.25) is 0 Å². The normalized spacial score (nSPS) is 11.9. The molecule has 40 heavy (non-hydrogen) atoms. The second-order valence-electron chi connectivity index (χ2n) is 10.4. The molecule has 3 aromatic carbocycles. The summed E-state index contributed by atoms with van der Waals surface area (Å²) in [5.41, 5.74) is 3.92. The number of amides is 2. The van der Waals surface area contributed by atoms with Crippen LogP contribution < -0.4 is 15.4 Å². The highest BCUT2D eigenvalue weighted by molar-refractivity contribution is 5.93. The largest absolute Gasteiger partial charge is 0.497 e. The van der Waals surface area contributed by atoms with Gasteiger partial charge in [-0.2, -0.15) is 0 Å². The molecular formula is C33H39N3O4. The van der Waals surface area contributed by atoms with Crippen molar-refractivity contribution in [1.29, 1.82) is 0 Å². The Morgan fingerprint density at radius 1 is 0.950 bits per heavy atom. The molecular weight excluding hydrogens is 502 g/mol. The molecule has 4 aromatic rings. The number of carbonyl (C=O) groups excluding carboxylic acids is 3. The van der Waals surface area contributed by atoms with Gasteiger partial charge in [0.05, 0.1) is 13.5 Å². The second kappa shape index (κ2) is 13.8. The molecule has 4 rings (SSSR count). The molecule has 1 atom stereocenters. The number of Topliss-reactive ketones (excluding diaryl/α,β-unsaturated/α-hetero) is 1. The summed E-state index contributed by atoms with van der Waals surface area (Å²) in [6.07, 6.45) is 4.28. The minimum Gasteiger partial charge on any atom is -0.497 e. The summed E-state index contributed by atoms with van der Waals surface area (Å²) in [6.45, 7) is 4.02. The fourth-order valence-corrected chi connectivity index (χ4v) is 5.24. The highest BCUT2D eigenvalue weighted by Crippen LogP contribution is 2.27. The van der Waals surface area contributed by atoms with Gasteiger partial charge in [-0.15, -0.1) is 0 Å². The van der Waals surface area contributed by atoms with E-state index < -0.39 is 6.04 Å². The lowest BCUT2D eigenvalue weighted by molar-refractivity contribution is -0.128. The molecule has 0 aliphatic carbocycles. The standard InChI is InChI=1S/C33H39N3O4/c1-22(37)10-5-4-6-15-31(33(39)34-19-18-25-13-9-12-24-11-7-8-14-27(24)25)36-32(38)21-28-23(2)35-30-17-16-26(40-3)20-29(28)30/h7-9,11-14,16-17,20,31,35H,4-6,10,15,18-19,21H2,1-3H3,(H,34,39)(H,36,38)/t31-/m0/s1. The topological polar surface area (TPSA) is 100 Å². The zero-order valence-corrected chi connectivity index (χ0v) is 23.6. The van der Waals surface area contributed by atoms with Gasteiger partial charge in [0.25, 0.3) is 0 Å². The number of methoxy groups -OCH3 is 1. The van der Waals surface area contributed by atoms with Crippen LogP contribution in [0, 0.1) is 6.92 Å². The summed E-state index contributed by atoms with van der Waals surface area (Å²) in [5, 5.41) is 9.33. The van der Waals surface area contributed by atoms with Crippen molar-refractivity contribution in [2.75, 3.05) is 13.7 Å². The molecule has 0 unspecified atom stereocenters. The number of H-pyrrole nitrogens is 1. The van der Waals surface area contributed by atoms with Crippen LogP contribution in [0.1, 0.15) is 55.8 Å². The van der Waals surface area contributed by atoms with E-state index in [4.69, 9.17) is 4.74 Å². The molecule has 0 saturated carbocycles. The Labute approximate surface area is 235 Å². The molecule has 210 valence electrons. The highest BCUT2D eigenvalue weighted by atomic mass is 16.5. The van der Waals surface area contributed by atoms with Crippen LogP contribution in [0.3, 0.4) is 0 Å². The van der Waals surface area contributed by atoms with Gasteiger partial charge in [0.1, 0.15) is 17.6 Å². The number of ketones is 1. The zero-order chi connectivity index (χ0) is 28.5. The van der Waals surface area contributed by atoms with E-state index >= 15 is 0 Å². The van der Waals surface area contributed by atoms with Crippen molar-refractivity contribution >= 4 is 39.3 Å². The van der Waals surface area contributed by atoms with Crippen molar-refractivity contribution in [3.05, 3.63) is 77.5 Å². The Hall–Kier alpha value is -4.13. The fraction of sp³-hybridized carbons (Fsp3) is 0.364. The number of rotatable bonds is 14. The third-order valence-corrected chi connectivity index (χ3v) is 7.41. The average Bonchev–Trinajstić information content (AvgIpc) is 3.25. The minimum absolute atomic E-state index is 0.156. The Kier molecular flexibility index (Phi) is 9.95. The van der Waals surface area contributed by atoms with E-state index in [1.54, 1.807) is 14.0 Å². The van der Waals surface area contributed by atoms with Gasteiger partial charge in [-0.3, -0.25) is 9.59 Å². The minimum atomic E-state index is -0.641. The summed E-state index contributed by atoms with van der Waals surface area (Å²) in [4.78, 5) is 41.1. The van der Waals surface area contributed by atoms with Gasteiger partial charge in [-0.05, 0) is 73.2 Å². The third-order valence-electron chi connectivity index (χ3n) is 7.41. The summed E-state index contributed by atoms with van der Waals surface area (Å²) in [5.74, 6) is 0.506. The highest BCUT2D eigenvalue weighted by Gasteiger charge is 2.22. The van der Waals surface area contributed by atoms with E-state index in [0.717, 1.165) is 47.2 Å². The predicted octanol–water partition coefficient (Wildman–Crippen LogP) is 5.56. The van der Waals surface area contributed by atoms with Crippen molar-refractivity contribution in [3.63, 3.8) is 0 Å². The average molecular weight is 542 g/mol. The molecule has 0 fully saturated rings. The maximum absolute atomic E-state index is 13.3. The summed E-state index contributed by atoms with van der Waals surface area (Å²) >= 11 is 0. The summed E-state index contributed by atoms with van der Waals surface area (Å²) < 4.78 is 5.37. The number of nitrogens with one attached hydrogen (secondary N) is 3. The number of ether oxygens (including phenoxy) is 1. The molecule has 0 spiro atoms. The van der Waals surface area contributed by atoms with Gasteiger partial charge in [0, 0.05) is 29.6 Å². The lowest BCUT2D eigenvalue weighted by Gasteiger charge is -2.19. The lowest BCUT2D eigenvalue weighted by atomic mass is 10.0. The maximum Gasteiger partial charge on any atom is 0.242 e. The Morgan fingerprint density at radius 2 is 1.75 bits per heavy atom. The van der Waals surface area contributed by atoms with Crippen LogP contribution in [-0.2, 0) is 27.2 Å². The van der Waals surface area contributed by atoms with Gasteiger partial charge in [-0.25, -0.2) is 0 Å². The van der Waals surface area contributed by atoms with Crippen molar-refractivity contribution in [2.24, 2.45) is 0 Å². The molecule has 0 radical (unpaired) electrons. The number of benzene rings is 3. The fourth-order valence-electron chi connectivity index (χ4n) is 5.24. The third kappa shape index (κ3) is 7.50. The first-order valence-electron chi connectivity index (χ1n) is 14.0. The van der Waals surface area contributed by atoms with Gasteiger partial charge < -0.3 is 25.1 Å². The predicted molar refractivity (Wildman–Crippen MR) is 160 cm³/mol. The van der Waals surface area contributed by atoms with E-state index in [-0.39, 0.29) is 24.0 Å². The molecule has 2 amide bonds. The van der Waals surface area contributed by atoms with E-state index in [2.05, 4.69) is 39.9 Å². The number of carbonyl (C=O) groups is 3. The molecule has 3 N–H and O–H groups in total. The van der Waals surface area contributed by atoms with E-state index in [1.165, 1.54) is 16.3 Å². The van der Waals surface area contributed by atoms with Crippen LogP contribution in [-0.4, -0.2) is 42.3 Å². The van der Waals surface area contributed by atoms with Crippen LogP contribution in [0.4, 0.5) is 0 Å². The first-order chi connectivity index (χ1) is 19.4. The quantitative estimate of drug-likeness (QED) is 0.182. The maximum atomic E-state index is 13.3. The number of aromatic nitrogens is 1. The summed E-state index contributed by atoms with van der Waals surface area (Å²) in [7, 11) is 1.62. The van der Waals surface area contributed by atoms with Crippen LogP contribution in [0.15, 0.2) is 60.7 Å². The van der Waals surface area contributed by atoms with Crippen molar-refractivity contribution in [1.82, 2.24) is 15.6 Å². The number of hydrogen-bond acceptors (Lipinski definition) is 4. The smallest absolute Gasteiger partial charge is 0.242 e. The Bertz CT molecular complexity index is 1480. The zero-order valence-electron chi connectivity index (χ0n) is 23.6. The molecule has 7 nitrogen and oxygen atoms in total. The van der Waals surface area contributed by atoms with Gasteiger partial charge in [0.15, 0.2) is 0 Å².